The molecule has 0 aliphatic carbocycles. The third kappa shape index (κ3) is 4.00. The van der Waals surface area contributed by atoms with Crippen molar-refractivity contribution < 1.29 is 4.79 Å². The van der Waals surface area contributed by atoms with Crippen LogP contribution in [0.25, 0.3) is 16.6 Å². The monoisotopic (exact) mass is 403 g/mol. The summed E-state index contributed by atoms with van der Waals surface area (Å²) in [4.78, 5) is 21.2. The van der Waals surface area contributed by atoms with Crippen LogP contribution in [0.1, 0.15) is 17.0 Å². The number of nitrogens with one attached hydrogen (secondary N) is 1. The zero-order valence-electron chi connectivity index (χ0n) is 16.5. The zero-order chi connectivity index (χ0) is 20.4. The second kappa shape index (κ2) is 8.05. The Balaban J connectivity index is 1.49. The van der Waals surface area contributed by atoms with Crippen molar-refractivity contribution in [3.05, 3.63) is 71.8 Å². The molecule has 6 nitrogen and oxygen atoms in total. The molecule has 0 spiro atoms. The number of nitrogens with zero attached hydrogens (tertiary/aromatic N) is 4. The second-order valence-electron chi connectivity index (χ2n) is 6.83. The van der Waals surface area contributed by atoms with Gasteiger partial charge in [-0.3, -0.25) is 4.79 Å². The molecule has 0 radical (unpaired) electrons. The summed E-state index contributed by atoms with van der Waals surface area (Å²) in [6, 6.07) is 15.9. The molecule has 7 heteroatoms. The zero-order valence-corrected chi connectivity index (χ0v) is 17.3. The van der Waals surface area contributed by atoms with Crippen LogP contribution >= 0.6 is 11.8 Å². The maximum Gasteiger partial charge on any atom is 0.234 e. The average molecular weight is 404 g/mol. The number of para-hydroxylation sites is 1. The van der Waals surface area contributed by atoms with Crippen molar-refractivity contribution in [1.29, 1.82) is 0 Å². The SMILES string of the molecule is Cc1ccc(-n2nc(C)c(NC(=O)CSc3ncnc4ccccc34)c2C)cc1. The average Bonchev–Trinajstić information content (AvgIpc) is 3.01. The lowest BCUT2D eigenvalue weighted by Crippen LogP contribution is -2.15. The summed E-state index contributed by atoms with van der Waals surface area (Å²) < 4.78 is 1.86. The van der Waals surface area contributed by atoms with Crippen molar-refractivity contribution in [2.75, 3.05) is 11.1 Å². The largest absolute Gasteiger partial charge is 0.322 e. The van der Waals surface area contributed by atoms with Crippen molar-refractivity contribution in [1.82, 2.24) is 19.7 Å². The lowest BCUT2D eigenvalue weighted by Gasteiger charge is -2.08. The number of anilines is 1. The summed E-state index contributed by atoms with van der Waals surface area (Å²) in [7, 11) is 0. The first kappa shape index (κ1) is 19.1. The molecule has 1 amide bonds. The van der Waals surface area contributed by atoms with E-state index in [0.717, 1.165) is 38.7 Å². The molecule has 29 heavy (non-hydrogen) atoms. The Morgan fingerprint density at radius 2 is 1.79 bits per heavy atom. The van der Waals surface area contributed by atoms with E-state index < -0.39 is 0 Å². The van der Waals surface area contributed by atoms with Gasteiger partial charge in [-0.15, -0.1) is 0 Å². The molecule has 0 aliphatic heterocycles. The molecule has 0 atom stereocenters. The molecular weight excluding hydrogens is 382 g/mol. The number of carbonyl (C=O) groups is 1. The van der Waals surface area contributed by atoms with E-state index >= 15 is 0 Å². The Morgan fingerprint density at radius 1 is 1.03 bits per heavy atom. The van der Waals surface area contributed by atoms with Gasteiger partial charge in [-0.25, -0.2) is 14.6 Å². The topological polar surface area (TPSA) is 72.7 Å². The third-order valence-electron chi connectivity index (χ3n) is 4.68. The first-order chi connectivity index (χ1) is 14.0. The maximum atomic E-state index is 12.6. The summed E-state index contributed by atoms with van der Waals surface area (Å²) in [6.45, 7) is 5.91. The fourth-order valence-electron chi connectivity index (χ4n) is 3.17. The third-order valence-corrected chi connectivity index (χ3v) is 5.69. The Bertz CT molecular complexity index is 1180. The molecule has 4 aromatic rings. The van der Waals surface area contributed by atoms with Gasteiger partial charge in [-0.1, -0.05) is 47.7 Å². The number of fused-ring (bicyclic) bond motifs is 1. The van der Waals surface area contributed by atoms with Crippen molar-refractivity contribution in [3.63, 3.8) is 0 Å². The lowest BCUT2D eigenvalue weighted by molar-refractivity contribution is -0.113. The molecule has 2 aromatic carbocycles. The summed E-state index contributed by atoms with van der Waals surface area (Å²) in [5, 5.41) is 9.36. The van der Waals surface area contributed by atoms with Gasteiger partial charge in [-0.2, -0.15) is 5.10 Å². The molecular formula is C22H21N5OS. The number of aromatic nitrogens is 4. The van der Waals surface area contributed by atoms with E-state index in [1.807, 2.05) is 67.1 Å². The minimum absolute atomic E-state index is 0.0904. The van der Waals surface area contributed by atoms with E-state index in [4.69, 9.17) is 0 Å². The molecule has 0 bridgehead atoms. The molecule has 146 valence electrons. The molecule has 0 unspecified atom stereocenters. The van der Waals surface area contributed by atoms with Gasteiger partial charge in [0.25, 0.3) is 0 Å². The predicted octanol–water partition coefficient (Wildman–Crippen LogP) is 4.47. The lowest BCUT2D eigenvalue weighted by atomic mass is 10.2. The highest BCUT2D eigenvalue weighted by molar-refractivity contribution is 8.00. The van der Waals surface area contributed by atoms with Crippen molar-refractivity contribution in [2.24, 2.45) is 0 Å². The van der Waals surface area contributed by atoms with E-state index in [1.54, 1.807) is 0 Å². The van der Waals surface area contributed by atoms with Crippen LogP contribution in [0.2, 0.25) is 0 Å². The second-order valence-corrected chi connectivity index (χ2v) is 7.79. The number of rotatable bonds is 5. The predicted molar refractivity (Wildman–Crippen MR) is 117 cm³/mol. The first-order valence-corrected chi connectivity index (χ1v) is 10.3. The smallest absolute Gasteiger partial charge is 0.234 e. The van der Waals surface area contributed by atoms with Crippen molar-refractivity contribution in [2.45, 2.75) is 25.8 Å². The summed E-state index contributed by atoms with van der Waals surface area (Å²) >= 11 is 1.40. The number of amides is 1. The van der Waals surface area contributed by atoms with Gasteiger partial charge in [0, 0.05) is 5.39 Å². The van der Waals surface area contributed by atoms with Gasteiger partial charge in [0.2, 0.25) is 5.91 Å². The Kier molecular flexibility index (Phi) is 5.31. The molecule has 0 fully saturated rings. The fraction of sp³-hybridized carbons (Fsp3) is 0.182. The highest BCUT2D eigenvalue weighted by Gasteiger charge is 2.16. The first-order valence-electron chi connectivity index (χ1n) is 9.28. The number of hydrogen-bond acceptors (Lipinski definition) is 5. The van der Waals surface area contributed by atoms with E-state index in [0.29, 0.717) is 0 Å². The van der Waals surface area contributed by atoms with Crippen LogP contribution in [0, 0.1) is 20.8 Å². The maximum absolute atomic E-state index is 12.6. The van der Waals surface area contributed by atoms with Crippen LogP contribution in [-0.4, -0.2) is 31.4 Å². The van der Waals surface area contributed by atoms with E-state index in [2.05, 4.69) is 27.3 Å². The number of aryl methyl sites for hydroxylation is 2. The van der Waals surface area contributed by atoms with Crippen LogP contribution in [0.3, 0.4) is 0 Å². The molecule has 0 aliphatic rings. The molecule has 2 aromatic heterocycles. The minimum atomic E-state index is -0.0904. The Labute approximate surface area is 173 Å². The minimum Gasteiger partial charge on any atom is -0.322 e. The highest BCUT2D eigenvalue weighted by Crippen LogP contribution is 2.26. The summed E-state index contributed by atoms with van der Waals surface area (Å²) in [6.07, 6.45) is 1.53. The fourth-order valence-corrected chi connectivity index (χ4v) is 3.96. The number of thioether (sulfide) groups is 1. The van der Waals surface area contributed by atoms with Gasteiger partial charge in [0.05, 0.1) is 34.0 Å². The van der Waals surface area contributed by atoms with Gasteiger partial charge < -0.3 is 5.32 Å². The van der Waals surface area contributed by atoms with Crippen LogP contribution in [0.5, 0.6) is 0 Å². The highest BCUT2D eigenvalue weighted by atomic mass is 32.2. The molecule has 0 saturated heterocycles. The number of hydrogen-bond donors (Lipinski definition) is 1. The van der Waals surface area contributed by atoms with Crippen LogP contribution in [0.4, 0.5) is 5.69 Å². The van der Waals surface area contributed by atoms with Crippen LogP contribution in [-0.2, 0) is 4.79 Å². The number of benzene rings is 2. The summed E-state index contributed by atoms with van der Waals surface area (Å²) in [5.41, 5.74) is 5.47. The number of carbonyl (C=O) groups excluding carboxylic acids is 1. The van der Waals surface area contributed by atoms with Crippen molar-refractivity contribution >= 4 is 34.3 Å². The molecule has 4 rings (SSSR count). The van der Waals surface area contributed by atoms with Gasteiger partial charge in [0.1, 0.15) is 11.4 Å². The Morgan fingerprint density at radius 3 is 2.59 bits per heavy atom. The van der Waals surface area contributed by atoms with Crippen molar-refractivity contribution in [3.8, 4) is 5.69 Å². The normalized spacial score (nSPS) is 11.0. The van der Waals surface area contributed by atoms with Gasteiger partial charge >= 0.3 is 0 Å². The van der Waals surface area contributed by atoms with E-state index in [-0.39, 0.29) is 11.7 Å². The quantitative estimate of drug-likeness (QED) is 0.393. The molecule has 1 N–H and O–H groups in total. The van der Waals surface area contributed by atoms with Crippen LogP contribution in [0.15, 0.2) is 59.9 Å². The van der Waals surface area contributed by atoms with Crippen LogP contribution < -0.4 is 5.32 Å². The Hall–Kier alpha value is -3.19. The summed E-state index contributed by atoms with van der Waals surface area (Å²) in [5.74, 6) is 0.169. The van der Waals surface area contributed by atoms with Gasteiger partial charge in [-0.05, 0) is 39.0 Å². The van der Waals surface area contributed by atoms with Gasteiger partial charge in [0.15, 0.2) is 0 Å². The standard InChI is InChI=1S/C22H21N5OS/c1-14-8-10-17(11-9-14)27-16(3)21(15(2)26-27)25-20(28)12-29-22-18-6-4-5-7-19(18)23-13-24-22/h4-11,13H,12H2,1-3H3,(H,25,28). The van der Waals surface area contributed by atoms with E-state index in [1.165, 1.54) is 23.7 Å². The molecule has 0 saturated carbocycles. The molecule has 2 heterocycles. The van der Waals surface area contributed by atoms with E-state index in [9.17, 15) is 4.79 Å².